The lowest BCUT2D eigenvalue weighted by atomic mass is 10.1. The van der Waals surface area contributed by atoms with Gasteiger partial charge >= 0.3 is 0 Å². The highest BCUT2D eigenvalue weighted by Gasteiger charge is 2.07. The molecule has 0 atom stereocenters. The highest BCUT2D eigenvalue weighted by molar-refractivity contribution is 5.96. The molecule has 0 radical (unpaired) electrons. The molecule has 3 rings (SSSR count). The summed E-state index contributed by atoms with van der Waals surface area (Å²) in [7, 11) is 0. The first-order valence-corrected chi connectivity index (χ1v) is 5.37. The summed E-state index contributed by atoms with van der Waals surface area (Å²) in [6.07, 6.45) is 2.66. The summed E-state index contributed by atoms with van der Waals surface area (Å²) in [6.45, 7) is 0. The molecule has 0 spiro atoms. The van der Waals surface area contributed by atoms with Gasteiger partial charge in [0.25, 0.3) is 0 Å². The molecule has 3 aromatic rings. The minimum absolute atomic E-state index is 0.662. The molecule has 0 bridgehead atoms. The molecule has 0 aliphatic rings. The van der Waals surface area contributed by atoms with Gasteiger partial charge in [-0.3, -0.25) is 4.79 Å². The fraction of sp³-hybridized carbons (Fsp3) is 0. The molecule has 0 saturated carbocycles. The first-order chi connectivity index (χ1) is 8.38. The smallest absolute Gasteiger partial charge is 0.150 e. The van der Waals surface area contributed by atoms with Crippen LogP contribution in [0.5, 0.6) is 0 Å². The molecule has 82 valence electrons. The third-order valence-corrected chi connectivity index (χ3v) is 2.76. The summed E-state index contributed by atoms with van der Waals surface area (Å²) < 4.78 is 0. The van der Waals surface area contributed by atoms with Crippen LogP contribution < -0.4 is 0 Å². The largest absolute Gasteiger partial charge is 0.346 e. The number of carbonyl (C=O) groups is 1. The molecule has 0 amide bonds. The number of nitrogens with one attached hydrogen (secondary N) is 1. The van der Waals surface area contributed by atoms with E-state index in [9.17, 15) is 4.79 Å². The molecule has 17 heavy (non-hydrogen) atoms. The van der Waals surface area contributed by atoms with Gasteiger partial charge in [-0.2, -0.15) is 0 Å². The maximum atomic E-state index is 11.1. The van der Waals surface area contributed by atoms with Crippen LogP contribution >= 0.6 is 0 Å². The highest BCUT2D eigenvalue weighted by Crippen LogP contribution is 2.22. The van der Waals surface area contributed by atoms with Crippen molar-refractivity contribution in [3.05, 3.63) is 54.2 Å². The predicted octanol–water partition coefficient (Wildman–Crippen LogP) is 3.04. The average molecular weight is 222 g/mol. The zero-order valence-electron chi connectivity index (χ0n) is 9.05. The normalized spacial score (nSPS) is 10.6. The molecular formula is C14H10N2O. The maximum absolute atomic E-state index is 11.1. The molecule has 3 heteroatoms. The second-order valence-corrected chi connectivity index (χ2v) is 3.82. The molecular weight excluding hydrogens is 212 g/mol. The van der Waals surface area contributed by atoms with E-state index < -0.39 is 0 Å². The van der Waals surface area contributed by atoms with Crippen molar-refractivity contribution in [1.82, 2.24) is 9.97 Å². The first kappa shape index (κ1) is 9.78. The molecule has 3 nitrogen and oxygen atoms in total. The minimum Gasteiger partial charge on any atom is -0.346 e. The zero-order valence-corrected chi connectivity index (χ0v) is 9.05. The number of carbonyl (C=O) groups excluding carboxylic acids is 1. The summed E-state index contributed by atoms with van der Waals surface area (Å²) in [6, 6.07) is 13.5. The zero-order chi connectivity index (χ0) is 11.7. The Morgan fingerprint density at radius 2 is 1.94 bits per heavy atom. The summed E-state index contributed by atoms with van der Waals surface area (Å²) in [5.41, 5.74) is 3.22. The van der Waals surface area contributed by atoms with Gasteiger partial charge in [0.15, 0.2) is 6.29 Å². The number of nitrogens with zero attached hydrogens (tertiary/aromatic N) is 1. The van der Waals surface area contributed by atoms with E-state index in [1.54, 1.807) is 6.20 Å². The van der Waals surface area contributed by atoms with Crippen molar-refractivity contribution in [2.45, 2.75) is 0 Å². The SMILES string of the molecule is O=Cc1cc(-c2ccccc2)nc2[nH]ccc12. The number of benzene rings is 1. The molecule has 1 aromatic carbocycles. The van der Waals surface area contributed by atoms with Crippen LogP contribution in [-0.2, 0) is 0 Å². The molecule has 2 aromatic heterocycles. The van der Waals surface area contributed by atoms with Gasteiger partial charge < -0.3 is 4.98 Å². The Bertz CT molecular complexity index is 671. The summed E-state index contributed by atoms with van der Waals surface area (Å²) in [4.78, 5) is 18.6. The van der Waals surface area contributed by atoms with Crippen LogP contribution in [0.4, 0.5) is 0 Å². The quantitative estimate of drug-likeness (QED) is 0.677. The van der Waals surface area contributed by atoms with Crippen LogP contribution in [0, 0.1) is 0 Å². The van der Waals surface area contributed by atoms with Crippen molar-refractivity contribution in [2.24, 2.45) is 0 Å². The molecule has 1 N–H and O–H groups in total. The Morgan fingerprint density at radius 1 is 1.12 bits per heavy atom. The van der Waals surface area contributed by atoms with E-state index in [0.29, 0.717) is 5.56 Å². The second kappa shape index (κ2) is 3.87. The number of aromatic amines is 1. The summed E-state index contributed by atoms with van der Waals surface area (Å²) in [5.74, 6) is 0. The van der Waals surface area contributed by atoms with Gasteiger partial charge in [0.05, 0.1) is 5.69 Å². The number of fused-ring (bicyclic) bond motifs is 1. The van der Waals surface area contributed by atoms with E-state index in [1.165, 1.54) is 0 Å². The van der Waals surface area contributed by atoms with Crippen LogP contribution in [0.25, 0.3) is 22.3 Å². The van der Waals surface area contributed by atoms with Crippen molar-refractivity contribution in [3.8, 4) is 11.3 Å². The number of pyridine rings is 1. The van der Waals surface area contributed by atoms with Crippen molar-refractivity contribution >= 4 is 17.3 Å². The van der Waals surface area contributed by atoms with Crippen LogP contribution in [0.15, 0.2) is 48.7 Å². The highest BCUT2D eigenvalue weighted by atomic mass is 16.1. The van der Waals surface area contributed by atoms with E-state index >= 15 is 0 Å². The Hall–Kier alpha value is -2.42. The number of aromatic nitrogens is 2. The van der Waals surface area contributed by atoms with Gasteiger partial charge in [0.1, 0.15) is 5.65 Å². The number of hydrogen-bond acceptors (Lipinski definition) is 2. The Morgan fingerprint density at radius 3 is 2.71 bits per heavy atom. The van der Waals surface area contributed by atoms with Crippen LogP contribution in [0.2, 0.25) is 0 Å². The standard InChI is InChI=1S/C14H10N2O/c17-9-11-8-13(10-4-2-1-3-5-10)16-14-12(11)6-7-15-14/h1-9H,(H,15,16). The topological polar surface area (TPSA) is 45.8 Å². The Balaban J connectivity index is 2.28. The fourth-order valence-corrected chi connectivity index (χ4v) is 1.92. The number of aldehydes is 1. The number of H-pyrrole nitrogens is 1. The monoisotopic (exact) mass is 222 g/mol. The van der Waals surface area contributed by atoms with Crippen molar-refractivity contribution < 1.29 is 4.79 Å². The van der Waals surface area contributed by atoms with Gasteiger partial charge in [-0.25, -0.2) is 4.98 Å². The lowest BCUT2D eigenvalue weighted by molar-refractivity contribution is 0.112. The van der Waals surface area contributed by atoms with Crippen molar-refractivity contribution in [1.29, 1.82) is 0 Å². The van der Waals surface area contributed by atoms with E-state index in [1.807, 2.05) is 42.5 Å². The number of rotatable bonds is 2. The van der Waals surface area contributed by atoms with Gasteiger partial charge in [0.2, 0.25) is 0 Å². The van der Waals surface area contributed by atoms with Crippen molar-refractivity contribution in [2.75, 3.05) is 0 Å². The predicted molar refractivity (Wildman–Crippen MR) is 66.9 cm³/mol. The molecule has 0 saturated heterocycles. The van der Waals surface area contributed by atoms with Gasteiger partial charge in [-0.1, -0.05) is 30.3 Å². The first-order valence-electron chi connectivity index (χ1n) is 5.37. The Labute approximate surface area is 98.1 Å². The van der Waals surface area contributed by atoms with Crippen LogP contribution in [0.3, 0.4) is 0 Å². The third-order valence-electron chi connectivity index (χ3n) is 2.76. The molecule has 0 fully saturated rings. The lowest BCUT2D eigenvalue weighted by Crippen LogP contribution is -1.89. The average Bonchev–Trinajstić information content (AvgIpc) is 2.86. The minimum atomic E-state index is 0.662. The Kier molecular flexibility index (Phi) is 2.22. The maximum Gasteiger partial charge on any atom is 0.150 e. The molecule has 0 aliphatic carbocycles. The van der Waals surface area contributed by atoms with E-state index in [-0.39, 0.29) is 0 Å². The summed E-state index contributed by atoms with van der Waals surface area (Å²) in [5, 5.41) is 0.861. The second-order valence-electron chi connectivity index (χ2n) is 3.82. The fourth-order valence-electron chi connectivity index (χ4n) is 1.92. The molecule has 2 heterocycles. The van der Waals surface area contributed by atoms with Crippen LogP contribution in [-0.4, -0.2) is 16.3 Å². The van der Waals surface area contributed by atoms with Gasteiger partial charge in [-0.15, -0.1) is 0 Å². The van der Waals surface area contributed by atoms with E-state index in [0.717, 1.165) is 28.6 Å². The molecule has 0 aliphatic heterocycles. The number of hydrogen-bond donors (Lipinski definition) is 1. The lowest BCUT2D eigenvalue weighted by Gasteiger charge is -2.02. The van der Waals surface area contributed by atoms with Crippen molar-refractivity contribution in [3.63, 3.8) is 0 Å². The van der Waals surface area contributed by atoms with Crippen LogP contribution in [0.1, 0.15) is 10.4 Å². The van der Waals surface area contributed by atoms with E-state index in [4.69, 9.17) is 0 Å². The van der Waals surface area contributed by atoms with Gasteiger partial charge in [-0.05, 0) is 12.1 Å². The third kappa shape index (κ3) is 1.61. The van der Waals surface area contributed by atoms with Gasteiger partial charge in [0, 0.05) is 22.7 Å². The van der Waals surface area contributed by atoms with E-state index in [2.05, 4.69) is 9.97 Å². The summed E-state index contributed by atoms with van der Waals surface area (Å²) >= 11 is 0. The molecule has 0 unspecified atom stereocenters.